The van der Waals surface area contributed by atoms with Crippen LogP contribution in [0.1, 0.15) is 13.3 Å². The molecule has 18 heavy (non-hydrogen) atoms. The molecule has 0 bridgehead atoms. The van der Waals surface area contributed by atoms with Gasteiger partial charge in [0.1, 0.15) is 5.75 Å². The molecular weight excluding hydrogens is 226 g/mol. The highest BCUT2D eigenvalue weighted by Crippen LogP contribution is 2.18. The van der Waals surface area contributed by atoms with E-state index in [1.54, 1.807) is 6.08 Å². The Balaban J connectivity index is 2.00. The molecule has 1 aromatic rings. The zero-order valence-corrected chi connectivity index (χ0v) is 10.3. The summed E-state index contributed by atoms with van der Waals surface area (Å²) in [5, 5.41) is 3.28. The molecule has 0 fully saturated rings. The molecular formula is C14H15N3O. The molecule has 0 aliphatic heterocycles. The molecule has 0 aromatic heterocycles. The number of rotatable bonds is 4. The molecule has 0 saturated carbocycles. The first kappa shape index (κ1) is 12.1. The zero-order valence-electron chi connectivity index (χ0n) is 10.3. The minimum absolute atomic E-state index is 0.631. The Kier molecular flexibility index (Phi) is 3.94. The maximum atomic E-state index is 8.62. The molecule has 0 heterocycles. The van der Waals surface area contributed by atoms with Crippen molar-refractivity contribution >= 4 is 11.4 Å². The van der Waals surface area contributed by atoms with Crippen molar-refractivity contribution in [1.29, 1.82) is 0 Å². The van der Waals surface area contributed by atoms with Gasteiger partial charge in [0.05, 0.1) is 13.0 Å². The smallest absolute Gasteiger partial charge is 0.295 e. The molecule has 0 unspecified atom stereocenters. The van der Waals surface area contributed by atoms with Crippen molar-refractivity contribution in [3.05, 3.63) is 53.7 Å². The molecule has 2 rings (SSSR count). The summed E-state index contributed by atoms with van der Waals surface area (Å²) in [7, 11) is 0. The molecule has 0 amide bonds. The highest BCUT2D eigenvalue weighted by atomic mass is 16.5. The van der Waals surface area contributed by atoms with E-state index in [9.17, 15) is 0 Å². The predicted molar refractivity (Wildman–Crippen MR) is 71.7 cm³/mol. The van der Waals surface area contributed by atoms with Crippen LogP contribution in [0.3, 0.4) is 0 Å². The van der Waals surface area contributed by atoms with E-state index in [-0.39, 0.29) is 0 Å². The number of nitrogens with zero attached hydrogens (tertiary/aromatic N) is 2. The summed E-state index contributed by atoms with van der Waals surface area (Å²) in [5.74, 6) is 0.867. The van der Waals surface area contributed by atoms with Crippen LogP contribution < -0.4 is 10.1 Å². The van der Waals surface area contributed by atoms with Gasteiger partial charge in [0.15, 0.2) is 0 Å². The third kappa shape index (κ3) is 3.09. The van der Waals surface area contributed by atoms with Crippen molar-refractivity contribution in [1.82, 2.24) is 0 Å². The highest BCUT2D eigenvalue weighted by molar-refractivity contribution is 5.93. The van der Waals surface area contributed by atoms with E-state index in [0.717, 1.165) is 17.1 Å². The van der Waals surface area contributed by atoms with Gasteiger partial charge in [-0.25, -0.2) is 0 Å². The minimum Gasteiger partial charge on any atom is -0.494 e. The fourth-order valence-corrected chi connectivity index (χ4v) is 1.67. The van der Waals surface area contributed by atoms with Crippen LogP contribution in [-0.2, 0) is 0 Å². The molecule has 4 heteroatoms. The summed E-state index contributed by atoms with van der Waals surface area (Å²) >= 11 is 0. The summed E-state index contributed by atoms with van der Waals surface area (Å²) in [6, 6.07) is 7.80. The summed E-state index contributed by atoms with van der Waals surface area (Å²) in [4.78, 5) is 3.16. The van der Waals surface area contributed by atoms with E-state index < -0.39 is 0 Å². The van der Waals surface area contributed by atoms with Crippen molar-refractivity contribution < 1.29 is 9.53 Å². The summed E-state index contributed by atoms with van der Waals surface area (Å²) in [5.41, 5.74) is 11.3. The molecule has 0 saturated heterocycles. The summed E-state index contributed by atoms with van der Waals surface area (Å²) in [6.45, 7) is 2.63. The van der Waals surface area contributed by atoms with E-state index in [1.165, 1.54) is 0 Å². The number of anilines is 1. The van der Waals surface area contributed by atoms with Crippen molar-refractivity contribution in [2.24, 2.45) is 0 Å². The molecule has 1 aromatic carbocycles. The van der Waals surface area contributed by atoms with Gasteiger partial charge < -0.3 is 15.6 Å². The third-order valence-corrected chi connectivity index (χ3v) is 2.57. The lowest BCUT2D eigenvalue weighted by molar-refractivity contribution is -0.00540. The van der Waals surface area contributed by atoms with Gasteiger partial charge in [0.25, 0.3) is 5.71 Å². The number of nitrogens with one attached hydrogen (secondary N) is 1. The van der Waals surface area contributed by atoms with Crippen molar-refractivity contribution in [3.63, 3.8) is 0 Å². The van der Waals surface area contributed by atoms with E-state index in [1.807, 2.05) is 43.3 Å². The van der Waals surface area contributed by atoms with E-state index in [2.05, 4.69) is 10.1 Å². The first-order valence-corrected chi connectivity index (χ1v) is 5.91. The van der Waals surface area contributed by atoms with Gasteiger partial charge in [0.2, 0.25) is 0 Å². The van der Waals surface area contributed by atoms with Gasteiger partial charge in [-0.1, -0.05) is 0 Å². The molecule has 1 aliphatic carbocycles. The Morgan fingerprint density at radius 2 is 2.06 bits per heavy atom. The maximum Gasteiger partial charge on any atom is 0.295 e. The van der Waals surface area contributed by atoms with Crippen LogP contribution in [0.2, 0.25) is 0 Å². The predicted octanol–water partition coefficient (Wildman–Crippen LogP) is 3.01. The lowest BCUT2D eigenvalue weighted by atomic mass is 10.1. The van der Waals surface area contributed by atoms with E-state index in [4.69, 9.17) is 10.3 Å². The van der Waals surface area contributed by atoms with Gasteiger partial charge in [-0.3, -0.25) is 0 Å². The molecule has 1 aliphatic rings. The topological polar surface area (TPSA) is 57.7 Å². The second-order valence-corrected chi connectivity index (χ2v) is 3.87. The number of hydrogen-bond donors (Lipinski definition) is 1. The van der Waals surface area contributed by atoms with E-state index >= 15 is 0 Å². The second kappa shape index (κ2) is 5.84. The minimum atomic E-state index is 0.631. The fourth-order valence-electron chi connectivity index (χ4n) is 1.67. The van der Waals surface area contributed by atoms with Crippen LogP contribution >= 0.6 is 0 Å². The average molecular weight is 241 g/mol. The first-order valence-electron chi connectivity index (χ1n) is 5.91. The fraction of sp³-hybridized carbons (Fsp3) is 0.214. The van der Waals surface area contributed by atoms with Crippen molar-refractivity contribution in [3.8, 4) is 5.75 Å². The van der Waals surface area contributed by atoms with Crippen LogP contribution in [0, 0.1) is 0 Å². The molecule has 0 atom stereocenters. The highest BCUT2D eigenvalue weighted by Gasteiger charge is 2.07. The van der Waals surface area contributed by atoms with Gasteiger partial charge in [-0.05, 0) is 43.3 Å². The molecule has 4 nitrogen and oxygen atoms in total. The number of allylic oxidation sites excluding steroid dienone is 3. The Labute approximate surface area is 106 Å². The maximum absolute atomic E-state index is 8.62. The van der Waals surface area contributed by atoms with Crippen molar-refractivity contribution in [2.45, 2.75) is 13.3 Å². The lowest BCUT2D eigenvalue weighted by Gasteiger charge is -2.10. The number of hydrogen-bond acceptors (Lipinski definition) is 2. The summed E-state index contributed by atoms with van der Waals surface area (Å²) < 4.78 is 5.38. The number of ether oxygens (including phenoxy) is 1. The van der Waals surface area contributed by atoms with Crippen LogP contribution in [0.15, 0.2) is 48.2 Å². The normalized spacial score (nSPS) is 13.8. The quantitative estimate of drug-likeness (QED) is 0.650. The standard InChI is InChI=1S/C14H15N3O/c1-2-18-14-9-7-12(8-10-14)16-11-3-5-13(17-15)6-4-11/h3-5,7-10,16H,2,6H2,1H3. The second-order valence-electron chi connectivity index (χ2n) is 3.87. The third-order valence-electron chi connectivity index (χ3n) is 2.57. The zero-order chi connectivity index (χ0) is 12.8. The molecule has 0 radical (unpaired) electrons. The average Bonchev–Trinajstić information content (AvgIpc) is 2.42. The first-order chi connectivity index (χ1) is 8.81. The largest absolute Gasteiger partial charge is 0.494 e. The number of benzene rings is 1. The van der Waals surface area contributed by atoms with Crippen LogP contribution in [0.25, 0.3) is 5.53 Å². The van der Waals surface area contributed by atoms with E-state index in [0.29, 0.717) is 18.7 Å². The van der Waals surface area contributed by atoms with Crippen molar-refractivity contribution in [2.75, 3.05) is 11.9 Å². The SMILES string of the molecule is CCOc1ccc(NC2=CCC(=[N+]=[N-])C=C2)cc1. The van der Waals surface area contributed by atoms with Crippen LogP contribution in [0.4, 0.5) is 5.69 Å². The lowest BCUT2D eigenvalue weighted by Crippen LogP contribution is -2.04. The Morgan fingerprint density at radius 3 is 2.61 bits per heavy atom. The van der Waals surface area contributed by atoms with Crippen LogP contribution in [0.5, 0.6) is 5.75 Å². The Hall–Kier alpha value is -2.32. The van der Waals surface area contributed by atoms with Crippen LogP contribution in [-0.4, -0.2) is 17.1 Å². The van der Waals surface area contributed by atoms with Gasteiger partial charge in [0, 0.05) is 17.5 Å². The Bertz CT molecular complexity index is 522. The van der Waals surface area contributed by atoms with Gasteiger partial charge >= 0.3 is 0 Å². The molecule has 1 N–H and O–H groups in total. The van der Waals surface area contributed by atoms with Gasteiger partial charge in [-0.15, -0.1) is 0 Å². The molecule has 92 valence electrons. The monoisotopic (exact) mass is 241 g/mol. The van der Waals surface area contributed by atoms with Gasteiger partial charge in [-0.2, -0.15) is 4.79 Å². The Morgan fingerprint density at radius 1 is 1.28 bits per heavy atom. The summed E-state index contributed by atoms with van der Waals surface area (Å²) in [6.07, 6.45) is 6.28. The molecule has 0 spiro atoms.